The zero-order chi connectivity index (χ0) is 15.5. The third kappa shape index (κ3) is 3.80. The van der Waals surface area contributed by atoms with Crippen molar-refractivity contribution in [3.8, 4) is 0 Å². The molecule has 0 saturated heterocycles. The lowest BCUT2D eigenvalue weighted by molar-refractivity contribution is -0.139. The van der Waals surface area contributed by atoms with Gasteiger partial charge in [-0.15, -0.1) is 0 Å². The molecule has 7 nitrogen and oxygen atoms in total. The molecule has 0 aromatic rings. The number of rotatable bonds is 4. The Labute approximate surface area is 123 Å². The maximum absolute atomic E-state index is 12.3. The maximum atomic E-state index is 12.3. The van der Waals surface area contributed by atoms with Crippen molar-refractivity contribution in [3.05, 3.63) is 0 Å². The van der Waals surface area contributed by atoms with Crippen molar-refractivity contribution in [2.75, 3.05) is 7.05 Å². The molecule has 1 saturated carbocycles. The summed E-state index contributed by atoms with van der Waals surface area (Å²) in [6, 6.07) is 0. The van der Waals surface area contributed by atoms with E-state index in [4.69, 9.17) is 5.11 Å². The SMILES string of the molecule is CN1N=C(C(=O)NC2(CC(=O)O)CCCCC2)CCC1=O. The molecule has 7 heteroatoms. The van der Waals surface area contributed by atoms with Crippen LogP contribution in [0, 0.1) is 0 Å². The van der Waals surface area contributed by atoms with Gasteiger partial charge in [-0.1, -0.05) is 19.3 Å². The molecule has 1 heterocycles. The molecule has 0 aromatic heterocycles. The topological polar surface area (TPSA) is 99.1 Å². The highest BCUT2D eigenvalue weighted by Gasteiger charge is 2.37. The molecule has 1 aliphatic heterocycles. The van der Waals surface area contributed by atoms with Crippen LogP contribution < -0.4 is 5.32 Å². The fourth-order valence-corrected chi connectivity index (χ4v) is 3.01. The molecule has 0 atom stereocenters. The third-order valence-electron chi connectivity index (χ3n) is 4.15. The summed E-state index contributed by atoms with van der Waals surface area (Å²) in [4.78, 5) is 34.8. The van der Waals surface area contributed by atoms with Crippen molar-refractivity contribution < 1.29 is 19.5 Å². The fourth-order valence-electron chi connectivity index (χ4n) is 3.01. The first-order valence-corrected chi connectivity index (χ1v) is 7.30. The monoisotopic (exact) mass is 295 g/mol. The molecule has 0 unspecified atom stereocenters. The molecule has 0 aromatic carbocycles. The van der Waals surface area contributed by atoms with Gasteiger partial charge in [0.2, 0.25) is 5.91 Å². The number of nitrogens with zero attached hydrogens (tertiary/aromatic N) is 2. The van der Waals surface area contributed by atoms with Gasteiger partial charge >= 0.3 is 5.97 Å². The van der Waals surface area contributed by atoms with Gasteiger partial charge < -0.3 is 10.4 Å². The van der Waals surface area contributed by atoms with Crippen LogP contribution in [-0.4, -0.2) is 46.2 Å². The number of carboxylic acids is 1. The minimum absolute atomic E-state index is 0.0687. The highest BCUT2D eigenvalue weighted by atomic mass is 16.4. The third-order valence-corrected chi connectivity index (χ3v) is 4.15. The molecule has 2 amide bonds. The predicted molar refractivity (Wildman–Crippen MR) is 75.7 cm³/mol. The van der Waals surface area contributed by atoms with Crippen molar-refractivity contribution >= 4 is 23.5 Å². The fraction of sp³-hybridized carbons (Fsp3) is 0.714. The average Bonchev–Trinajstić information content (AvgIpc) is 2.41. The van der Waals surface area contributed by atoms with Crippen LogP contribution >= 0.6 is 0 Å². The molecule has 0 bridgehead atoms. The number of carbonyl (C=O) groups excluding carboxylic acids is 2. The molecule has 21 heavy (non-hydrogen) atoms. The van der Waals surface area contributed by atoms with Crippen LogP contribution in [0.25, 0.3) is 0 Å². The summed E-state index contributed by atoms with van der Waals surface area (Å²) in [5.41, 5.74) is -0.378. The lowest BCUT2D eigenvalue weighted by Gasteiger charge is -2.37. The van der Waals surface area contributed by atoms with E-state index in [0.29, 0.717) is 25.0 Å². The van der Waals surface area contributed by atoms with Crippen LogP contribution in [-0.2, 0) is 14.4 Å². The standard InChI is InChI=1S/C14H21N3O4/c1-17-11(18)6-5-10(16-17)13(21)15-14(9-12(19)20)7-3-2-4-8-14/h2-9H2,1H3,(H,15,21)(H,19,20). The molecular formula is C14H21N3O4. The molecule has 0 spiro atoms. The summed E-state index contributed by atoms with van der Waals surface area (Å²) in [7, 11) is 1.52. The van der Waals surface area contributed by atoms with Crippen LogP contribution in [0.15, 0.2) is 5.10 Å². The Morgan fingerprint density at radius 3 is 2.52 bits per heavy atom. The first-order chi connectivity index (χ1) is 9.92. The van der Waals surface area contributed by atoms with Gasteiger partial charge in [0.05, 0.1) is 12.0 Å². The maximum Gasteiger partial charge on any atom is 0.305 e. The van der Waals surface area contributed by atoms with Crippen LogP contribution in [0.3, 0.4) is 0 Å². The number of aliphatic carboxylic acids is 1. The summed E-state index contributed by atoms with van der Waals surface area (Å²) < 4.78 is 0. The molecule has 116 valence electrons. The zero-order valence-electron chi connectivity index (χ0n) is 12.2. The van der Waals surface area contributed by atoms with Crippen molar-refractivity contribution in [2.45, 2.75) is 56.9 Å². The van der Waals surface area contributed by atoms with E-state index in [1.54, 1.807) is 0 Å². The van der Waals surface area contributed by atoms with Gasteiger partial charge in [0, 0.05) is 19.9 Å². The van der Waals surface area contributed by atoms with Gasteiger partial charge in [-0.05, 0) is 12.8 Å². The minimum Gasteiger partial charge on any atom is -0.481 e. The Hall–Kier alpha value is -1.92. The van der Waals surface area contributed by atoms with Crippen molar-refractivity contribution in [1.82, 2.24) is 10.3 Å². The summed E-state index contributed by atoms with van der Waals surface area (Å²) in [6.07, 6.45) is 4.74. The van der Waals surface area contributed by atoms with E-state index >= 15 is 0 Å². The molecule has 1 aliphatic carbocycles. The molecule has 2 aliphatic rings. The number of amides is 2. The highest BCUT2D eigenvalue weighted by Crippen LogP contribution is 2.31. The van der Waals surface area contributed by atoms with Crippen LogP contribution in [0.1, 0.15) is 51.4 Å². The lowest BCUT2D eigenvalue weighted by Crippen LogP contribution is -2.53. The van der Waals surface area contributed by atoms with Crippen LogP contribution in [0.2, 0.25) is 0 Å². The van der Waals surface area contributed by atoms with E-state index in [1.807, 2.05) is 0 Å². The van der Waals surface area contributed by atoms with Crippen molar-refractivity contribution in [3.63, 3.8) is 0 Å². The number of carboxylic acid groups (broad SMARTS) is 1. The normalized spacial score (nSPS) is 21.7. The van der Waals surface area contributed by atoms with Gasteiger partial charge in [0.1, 0.15) is 5.71 Å². The number of hydrogen-bond donors (Lipinski definition) is 2. The number of carbonyl (C=O) groups is 3. The van der Waals surface area contributed by atoms with Crippen LogP contribution in [0.5, 0.6) is 0 Å². The smallest absolute Gasteiger partial charge is 0.305 e. The summed E-state index contributed by atoms with van der Waals surface area (Å²) >= 11 is 0. The number of hydrogen-bond acceptors (Lipinski definition) is 4. The van der Waals surface area contributed by atoms with Gasteiger partial charge in [0.15, 0.2) is 0 Å². The van der Waals surface area contributed by atoms with Gasteiger partial charge in [-0.2, -0.15) is 5.10 Å². The van der Waals surface area contributed by atoms with Crippen molar-refractivity contribution in [1.29, 1.82) is 0 Å². The zero-order valence-corrected chi connectivity index (χ0v) is 12.2. The Balaban J connectivity index is 2.09. The molecule has 0 radical (unpaired) electrons. The molecular weight excluding hydrogens is 274 g/mol. The van der Waals surface area contributed by atoms with E-state index < -0.39 is 11.5 Å². The number of nitrogens with one attached hydrogen (secondary N) is 1. The highest BCUT2D eigenvalue weighted by molar-refractivity contribution is 6.39. The Morgan fingerprint density at radius 2 is 1.95 bits per heavy atom. The van der Waals surface area contributed by atoms with E-state index in [9.17, 15) is 14.4 Å². The molecule has 2 rings (SSSR count). The Morgan fingerprint density at radius 1 is 1.29 bits per heavy atom. The summed E-state index contributed by atoms with van der Waals surface area (Å²) in [6.45, 7) is 0. The van der Waals surface area contributed by atoms with Crippen LogP contribution in [0.4, 0.5) is 0 Å². The van der Waals surface area contributed by atoms with Gasteiger partial charge in [0.25, 0.3) is 5.91 Å². The van der Waals surface area contributed by atoms with E-state index in [0.717, 1.165) is 19.3 Å². The Bertz CT molecular complexity index is 481. The lowest BCUT2D eigenvalue weighted by atomic mass is 9.79. The first kappa shape index (κ1) is 15.5. The summed E-state index contributed by atoms with van der Waals surface area (Å²) in [5, 5.41) is 17.1. The first-order valence-electron chi connectivity index (χ1n) is 7.30. The minimum atomic E-state index is -0.907. The second-order valence-electron chi connectivity index (χ2n) is 5.83. The Kier molecular flexibility index (Phi) is 4.59. The number of hydrazone groups is 1. The average molecular weight is 295 g/mol. The quantitative estimate of drug-likeness (QED) is 0.804. The largest absolute Gasteiger partial charge is 0.481 e. The van der Waals surface area contributed by atoms with E-state index in [2.05, 4.69) is 10.4 Å². The second-order valence-corrected chi connectivity index (χ2v) is 5.83. The molecule has 2 N–H and O–H groups in total. The van der Waals surface area contributed by atoms with E-state index in [-0.39, 0.29) is 24.7 Å². The van der Waals surface area contributed by atoms with Crippen molar-refractivity contribution in [2.24, 2.45) is 5.10 Å². The summed E-state index contributed by atoms with van der Waals surface area (Å²) in [5.74, 6) is -1.38. The van der Waals surface area contributed by atoms with Gasteiger partial charge in [-0.25, -0.2) is 5.01 Å². The van der Waals surface area contributed by atoms with Gasteiger partial charge in [-0.3, -0.25) is 14.4 Å². The predicted octanol–water partition coefficient (Wildman–Crippen LogP) is 0.888. The second kappa shape index (κ2) is 6.24. The van der Waals surface area contributed by atoms with E-state index in [1.165, 1.54) is 12.1 Å². The molecule has 1 fully saturated rings.